The number of aromatic carboxylic acids is 1. The maximum Gasteiger partial charge on any atom is 0.356 e. The van der Waals surface area contributed by atoms with Gasteiger partial charge in [0.2, 0.25) is 0 Å². The summed E-state index contributed by atoms with van der Waals surface area (Å²) in [6.07, 6.45) is 0. The lowest BCUT2D eigenvalue weighted by atomic mass is 10.1. The van der Waals surface area contributed by atoms with Crippen molar-refractivity contribution in [3.8, 4) is 0 Å². The van der Waals surface area contributed by atoms with Gasteiger partial charge >= 0.3 is 11.9 Å². The van der Waals surface area contributed by atoms with Gasteiger partial charge < -0.3 is 9.94 Å². The zero-order valence-electron chi connectivity index (χ0n) is 6.56. The van der Waals surface area contributed by atoms with Crippen LogP contribution in [0.25, 0.3) is 0 Å². The summed E-state index contributed by atoms with van der Waals surface area (Å²) in [6, 6.07) is 5.26. The molecule has 0 heterocycles. The van der Waals surface area contributed by atoms with E-state index in [9.17, 15) is 9.59 Å². The smallest absolute Gasteiger partial charge is 0.356 e. The maximum absolute atomic E-state index is 10.8. The second kappa shape index (κ2) is 3.68. The minimum atomic E-state index is -1.05. The normalized spacial score (nSPS) is 9.31. The molecule has 0 aromatic heterocycles. The highest BCUT2D eigenvalue weighted by atomic mass is 16.7. The highest BCUT2D eigenvalue weighted by molar-refractivity contribution is 5.92. The molecule has 1 rings (SSSR count). The molecule has 13 heavy (non-hydrogen) atoms. The van der Waals surface area contributed by atoms with E-state index in [0.717, 1.165) is 0 Å². The van der Waals surface area contributed by atoms with Crippen molar-refractivity contribution in [1.29, 1.82) is 0 Å². The van der Waals surface area contributed by atoms with Crippen molar-refractivity contribution in [1.82, 2.24) is 0 Å². The lowest BCUT2D eigenvalue weighted by molar-refractivity contribution is 0.0502. The summed E-state index contributed by atoms with van der Waals surface area (Å²) in [5.74, 6) is 2.89. The molecule has 0 amide bonds. The number of carboxylic acids is 1. The molecule has 0 aliphatic carbocycles. The van der Waals surface area contributed by atoms with Gasteiger partial charge in [-0.3, -0.25) is 0 Å². The summed E-state index contributed by atoms with van der Waals surface area (Å²) in [6.45, 7) is 0. The van der Waals surface area contributed by atoms with Crippen LogP contribution in [0, 0.1) is 0 Å². The first-order chi connectivity index (χ1) is 6.15. The second-order valence-electron chi connectivity index (χ2n) is 2.29. The van der Waals surface area contributed by atoms with Crippen LogP contribution in [0.1, 0.15) is 20.7 Å². The number of hydrogen-bond donors (Lipinski definition) is 2. The molecule has 5 heteroatoms. The topological polar surface area (TPSA) is 89.6 Å². The van der Waals surface area contributed by atoms with Crippen LogP contribution in [0.5, 0.6) is 0 Å². The summed E-state index contributed by atoms with van der Waals surface area (Å²) in [4.78, 5) is 25.2. The van der Waals surface area contributed by atoms with Crippen LogP contribution in [0.4, 0.5) is 0 Å². The molecule has 1 aromatic carbocycles. The molecule has 0 bridgehead atoms. The van der Waals surface area contributed by atoms with Crippen LogP contribution in [-0.4, -0.2) is 17.0 Å². The number of nitrogens with two attached hydrogens (primary N) is 1. The van der Waals surface area contributed by atoms with Crippen molar-refractivity contribution in [3.05, 3.63) is 35.4 Å². The third kappa shape index (κ3) is 2.03. The minimum absolute atomic E-state index is 0.105. The maximum atomic E-state index is 10.8. The fourth-order valence-corrected chi connectivity index (χ4v) is 0.817. The summed E-state index contributed by atoms with van der Waals surface area (Å²) in [7, 11) is 0. The molecule has 0 atom stereocenters. The van der Waals surface area contributed by atoms with Gasteiger partial charge in [-0.2, -0.15) is 5.90 Å². The first-order valence-corrected chi connectivity index (χ1v) is 3.39. The number of carboxylic acid groups (broad SMARTS) is 1. The van der Waals surface area contributed by atoms with E-state index in [1.165, 1.54) is 24.3 Å². The standard InChI is InChI=1S/C8H7NO4/c9-13-8(12)6-3-1-5(2-4-6)7(10)11/h1-4H,9H2,(H,10,11). The van der Waals surface area contributed by atoms with Gasteiger partial charge in [-0.15, -0.1) is 0 Å². The Morgan fingerprint density at radius 1 is 1.15 bits per heavy atom. The fourth-order valence-electron chi connectivity index (χ4n) is 0.817. The van der Waals surface area contributed by atoms with Gasteiger partial charge in [0.15, 0.2) is 0 Å². The largest absolute Gasteiger partial charge is 0.478 e. The Labute approximate surface area is 73.7 Å². The van der Waals surface area contributed by atoms with Crippen molar-refractivity contribution >= 4 is 11.9 Å². The third-order valence-electron chi connectivity index (χ3n) is 1.47. The predicted octanol–water partition coefficient (Wildman–Crippen LogP) is 0.415. The number of benzene rings is 1. The summed E-state index contributed by atoms with van der Waals surface area (Å²) < 4.78 is 0. The predicted molar refractivity (Wildman–Crippen MR) is 43.0 cm³/mol. The van der Waals surface area contributed by atoms with E-state index in [4.69, 9.17) is 5.11 Å². The van der Waals surface area contributed by atoms with E-state index < -0.39 is 11.9 Å². The van der Waals surface area contributed by atoms with Gasteiger partial charge in [-0.05, 0) is 24.3 Å². The SMILES string of the molecule is NOC(=O)c1ccc(C(=O)O)cc1. The summed E-state index contributed by atoms with van der Waals surface area (Å²) in [5, 5.41) is 8.53. The Hall–Kier alpha value is -1.88. The Bertz CT molecular complexity index is 331. The van der Waals surface area contributed by atoms with Gasteiger partial charge in [-0.25, -0.2) is 9.59 Å². The molecule has 0 saturated heterocycles. The molecule has 0 radical (unpaired) electrons. The van der Waals surface area contributed by atoms with Crippen molar-refractivity contribution in [2.75, 3.05) is 0 Å². The average molecular weight is 181 g/mol. The zero-order chi connectivity index (χ0) is 9.84. The number of hydrogen-bond acceptors (Lipinski definition) is 4. The van der Waals surface area contributed by atoms with Crippen molar-refractivity contribution in [2.24, 2.45) is 5.90 Å². The Morgan fingerprint density at radius 3 is 2.00 bits per heavy atom. The van der Waals surface area contributed by atoms with E-state index >= 15 is 0 Å². The van der Waals surface area contributed by atoms with Crippen molar-refractivity contribution < 1.29 is 19.5 Å². The van der Waals surface area contributed by atoms with E-state index in [1.807, 2.05) is 0 Å². The summed E-state index contributed by atoms with van der Waals surface area (Å²) in [5.41, 5.74) is 0.320. The number of carbonyl (C=O) groups is 2. The van der Waals surface area contributed by atoms with E-state index in [0.29, 0.717) is 0 Å². The van der Waals surface area contributed by atoms with Crippen molar-refractivity contribution in [3.63, 3.8) is 0 Å². The highest BCUT2D eigenvalue weighted by Gasteiger charge is 2.07. The van der Waals surface area contributed by atoms with Crippen LogP contribution in [0.15, 0.2) is 24.3 Å². The van der Waals surface area contributed by atoms with Crippen LogP contribution in [0.3, 0.4) is 0 Å². The molecular formula is C8H7NO4. The van der Waals surface area contributed by atoms with Gasteiger partial charge in [0.25, 0.3) is 0 Å². The molecule has 0 fully saturated rings. The van der Waals surface area contributed by atoms with Crippen LogP contribution < -0.4 is 5.90 Å². The van der Waals surface area contributed by atoms with E-state index in [1.54, 1.807) is 0 Å². The molecule has 0 unspecified atom stereocenters. The van der Waals surface area contributed by atoms with Crippen LogP contribution >= 0.6 is 0 Å². The fraction of sp³-hybridized carbons (Fsp3) is 0. The molecule has 68 valence electrons. The molecular weight excluding hydrogens is 174 g/mol. The minimum Gasteiger partial charge on any atom is -0.478 e. The Balaban J connectivity index is 2.93. The van der Waals surface area contributed by atoms with Gasteiger partial charge in [0.05, 0.1) is 11.1 Å². The second-order valence-corrected chi connectivity index (χ2v) is 2.29. The monoisotopic (exact) mass is 181 g/mol. The molecule has 0 spiro atoms. The molecule has 0 aliphatic rings. The molecule has 0 saturated carbocycles. The average Bonchev–Trinajstić information content (AvgIpc) is 2.17. The van der Waals surface area contributed by atoms with Gasteiger partial charge in [0, 0.05) is 0 Å². The first-order valence-electron chi connectivity index (χ1n) is 3.39. The molecule has 0 aliphatic heterocycles. The quantitative estimate of drug-likeness (QED) is 0.645. The molecule has 1 aromatic rings. The Kier molecular flexibility index (Phi) is 2.61. The Morgan fingerprint density at radius 2 is 1.62 bits per heavy atom. The lowest BCUT2D eigenvalue weighted by Gasteiger charge is -1.97. The lowest BCUT2D eigenvalue weighted by Crippen LogP contribution is -2.10. The van der Waals surface area contributed by atoms with Crippen LogP contribution in [0.2, 0.25) is 0 Å². The highest BCUT2D eigenvalue weighted by Crippen LogP contribution is 2.04. The number of carbonyl (C=O) groups excluding carboxylic acids is 1. The van der Waals surface area contributed by atoms with Gasteiger partial charge in [0.1, 0.15) is 0 Å². The summed E-state index contributed by atoms with van der Waals surface area (Å²) >= 11 is 0. The third-order valence-corrected chi connectivity index (χ3v) is 1.47. The van der Waals surface area contributed by atoms with E-state index in [2.05, 4.69) is 10.7 Å². The molecule has 5 nitrogen and oxygen atoms in total. The zero-order valence-corrected chi connectivity index (χ0v) is 6.56. The van der Waals surface area contributed by atoms with Crippen LogP contribution in [-0.2, 0) is 4.84 Å². The van der Waals surface area contributed by atoms with E-state index in [-0.39, 0.29) is 11.1 Å². The molecule has 3 N–H and O–H groups in total. The number of rotatable bonds is 2. The van der Waals surface area contributed by atoms with Crippen molar-refractivity contribution in [2.45, 2.75) is 0 Å². The van der Waals surface area contributed by atoms with Gasteiger partial charge in [-0.1, -0.05) is 0 Å². The first kappa shape index (κ1) is 9.21.